The largest absolute Gasteiger partial charge is 0.477 e. The van der Waals surface area contributed by atoms with Crippen molar-refractivity contribution in [1.29, 1.82) is 0 Å². The Morgan fingerprint density at radius 1 is 1.42 bits per heavy atom. The molecule has 1 aromatic heterocycles. The summed E-state index contributed by atoms with van der Waals surface area (Å²) in [5.41, 5.74) is 1.33. The molecule has 0 amide bonds. The molecule has 0 radical (unpaired) electrons. The van der Waals surface area contributed by atoms with Gasteiger partial charge in [-0.3, -0.25) is 4.21 Å². The molecule has 0 spiro atoms. The molecule has 0 saturated heterocycles. The van der Waals surface area contributed by atoms with Crippen molar-refractivity contribution in [1.82, 2.24) is 4.98 Å². The number of nitrogens with zero attached hydrogens (tertiary/aromatic N) is 1. The van der Waals surface area contributed by atoms with Gasteiger partial charge in [0.15, 0.2) is 5.69 Å². The maximum atomic E-state index is 11.0. The minimum absolute atomic E-state index is 0.00109. The van der Waals surface area contributed by atoms with Gasteiger partial charge in [0.2, 0.25) is 0 Å². The molecule has 6 heteroatoms. The van der Waals surface area contributed by atoms with Crippen LogP contribution in [0.3, 0.4) is 0 Å². The fraction of sp³-hybridized carbons (Fsp3) is 0.231. The Morgan fingerprint density at radius 2 is 2.16 bits per heavy atom. The topological polar surface area (TPSA) is 79.3 Å². The normalized spacial score (nSPS) is 12.3. The van der Waals surface area contributed by atoms with E-state index in [0.717, 1.165) is 5.39 Å². The molecule has 5 nitrogen and oxygen atoms in total. The van der Waals surface area contributed by atoms with Crippen molar-refractivity contribution >= 4 is 33.4 Å². The van der Waals surface area contributed by atoms with Gasteiger partial charge in [0.1, 0.15) is 0 Å². The predicted molar refractivity (Wildman–Crippen MR) is 76.1 cm³/mol. The standard InChI is InChI=1S/C13H14N2O3S/c1-19(18)7-6-14-11-8-12(13(16)17)15-10-5-3-2-4-9(10)11/h2-5,8H,6-7H2,1H3,(H,14,15)(H,16,17). The summed E-state index contributed by atoms with van der Waals surface area (Å²) in [6.45, 7) is 0.524. The highest BCUT2D eigenvalue weighted by Gasteiger charge is 2.10. The van der Waals surface area contributed by atoms with Crippen LogP contribution < -0.4 is 5.32 Å². The average Bonchev–Trinajstić information content (AvgIpc) is 2.38. The molecule has 19 heavy (non-hydrogen) atoms. The van der Waals surface area contributed by atoms with E-state index >= 15 is 0 Å². The number of anilines is 1. The number of carboxylic acid groups (broad SMARTS) is 1. The molecule has 1 unspecified atom stereocenters. The number of carboxylic acids is 1. The molecule has 2 rings (SSSR count). The Morgan fingerprint density at radius 3 is 2.84 bits per heavy atom. The smallest absolute Gasteiger partial charge is 0.354 e. The lowest BCUT2D eigenvalue weighted by Crippen LogP contribution is -2.11. The first kappa shape index (κ1) is 13.5. The molecule has 0 aliphatic rings. The highest BCUT2D eigenvalue weighted by atomic mass is 32.2. The van der Waals surface area contributed by atoms with Gasteiger partial charge >= 0.3 is 5.97 Å². The zero-order chi connectivity index (χ0) is 13.8. The first-order valence-electron chi connectivity index (χ1n) is 5.75. The van der Waals surface area contributed by atoms with E-state index in [4.69, 9.17) is 5.11 Å². The molecule has 100 valence electrons. The number of aromatic carboxylic acids is 1. The summed E-state index contributed by atoms with van der Waals surface area (Å²) in [5.74, 6) is -0.549. The Labute approximate surface area is 113 Å². The molecular weight excluding hydrogens is 264 g/mol. The number of para-hydroxylation sites is 1. The average molecular weight is 278 g/mol. The van der Waals surface area contributed by atoms with Crippen LogP contribution in [0.25, 0.3) is 10.9 Å². The number of aromatic nitrogens is 1. The lowest BCUT2D eigenvalue weighted by molar-refractivity contribution is 0.0691. The van der Waals surface area contributed by atoms with Gasteiger partial charge in [0.25, 0.3) is 0 Å². The highest BCUT2D eigenvalue weighted by Crippen LogP contribution is 2.22. The second-order valence-electron chi connectivity index (χ2n) is 4.08. The fourth-order valence-electron chi connectivity index (χ4n) is 1.76. The molecule has 1 heterocycles. The maximum absolute atomic E-state index is 11.0. The van der Waals surface area contributed by atoms with E-state index < -0.39 is 16.8 Å². The number of benzene rings is 1. The Bertz CT molecular complexity index is 643. The number of rotatable bonds is 5. The summed E-state index contributed by atoms with van der Waals surface area (Å²) in [4.78, 5) is 15.1. The van der Waals surface area contributed by atoms with Crippen LogP contribution in [0.15, 0.2) is 30.3 Å². The van der Waals surface area contributed by atoms with Crippen molar-refractivity contribution in [2.24, 2.45) is 0 Å². The number of hydrogen-bond donors (Lipinski definition) is 2. The Kier molecular flexibility index (Phi) is 4.11. The Hall–Kier alpha value is -1.95. The van der Waals surface area contributed by atoms with Crippen LogP contribution in [0.2, 0.25) is 0 Å². The van der Waals surface area contributed by atoms with E-state index in [2.05, 4.69) is 10.3 Å². The van der Waals surface area contributed by atoms with Crippen molar-refractivity contribution in [2.45, 2.75) is 0 Å². The first-order valence-corrected chi connectivity index (χ1v) is 7.47. The van der Waals surface area contributed by atoms with Gasteiger partial charge in [-0.15, -0.1) is 0 Å². The highest BCUT2D eigenvalue weighted by molar-refractivity contribution is 7.84. The van der Waals surface area contributed by atoms with Gasteiger partial charge in [-0.1, -0.05) is 18.2 Å². The van der Waals surface area contributed by atoms with Crippen LogP contribution in [0.5, 0.6) is 0 Å². The van der Waals surface area contributed by atoms with Crippen LogP contribution in [-0.4, -0.2) is 38.8 Å². The quantitative estimate of drug-likeness (QED) is 0.870. The molecule has 2 aromatic rings. The predicted octanol–water partition coefficient (Wildman–Crippen LogP) is 1.72. The first-order chi connectivity index (χ1) is 9.08. The Balaban J connectivity index is 2.38. The van der Waals surface area contributed by atoms with E-state index in [0.29, 0.717) is 23.5 Å². The van der Waals surface area contributed by atoms with Crippen molar-refractivity contribution in [3.05, 3.63) is 36.0 Å². The molecule has 1 aromatic carbocycles. The number of hydrogen-bond acceptors (Lipinski definition) is 4. The molecule has 0 aliphatic heterocycles. The summed E-state index contributed by atoms with van der Waals surface area (Å²) in [6, 6.07) is 8.83. The van der Waals surface area contributed by atoms with Crippen molar-refractivity contribution in [3.8, 4) is 0 Å². The zero-order valence-electron chi connectivity index (χ0n) is 10.4. The van der Waals surface area contributed by atoms with E-state index in [1.54, 1.807) is 12.3 Å². The summed E-state index contributed by atoms with van der Waals surface area (Å²) in [5, 5.41) is 13.0. The third-order valence-corrected chi connectivity index (χ3v) is 3.42. The molecule has 2 N–H and O–H groups in total. The van der Waals surface area contributed by atoms with E-state index in [1.807, 2.05) is 18.2 Å². The van der Waals surface area contributed by atoms with Gasteiger partial charge in [0.05, 0.1) is 5.52 Å². The summed E-state index contributed by atoms with van der Waals surface area (Å²) in [6.07, 6.45) is 1.63. The van der Waals surface area contributed by atoms with Gasteiger partial charge < -0.3 is 10.4 Å². The fourth-order valence-corrected chi connectivity index (χ4v) is 2.15. The van der Waals surface area contributed by atoms with Crippen LogP contribution in [0.4, 0.5) is 5.69 Å². The summed E-state index contributed by atoms with van der Waals surface area (Å²) >= 11 is 0. The van der Waals surface area contributed by atoms with Crippen LogP contribution >= 0.6 is 0 Å². The number of carbonyl (C=O) groups is 1. The lowest BCUT2D eigenvalue weighted by Gasteiger charge is -2.10. The maximum Gasteiger partial charge on any atom is 0.354 e. The second-order valence-corrected chi connectivity index (χ2v) is 5.64. The van der Waals surface area contributed by atoms with Crippen molar-refractivity contribution in [2.75, 3.05) is 23.9 Å². The minimum Gasteiger partial charge on any atom is -0.477 e. The van der Waals surface area contributed by atoms with Crippen LogP contribution in [-0.2, 0) is 10.8 Å². The van der Waals surface area contributed by atoms with Gasteiger partial charge in [-0.05, 0) is 12.1 Å². The lowest BCUT2D eigenvalue weighted by atomic mass is 10.1. The second kappa shape index (κ2) is 5.79. The zero-order valence-corrected chi connectivity index (χ0v) is 11.2. The molecule has 0 fully saturated rings. The molecule has 0 bridgehead atoms. The number of fused-ring (bicyclic) bond motifs is 1. The van der Waals surface area contributed by atoms with E-state index in [9.17, 15) is 9.00 Å². The molecular formula is C13H14N2O3S. The van der Waals surface area contributed by atoms with Crippen molar-refractivity contribution in [3.63, 3.8) is 0 Å². The van der Waals surface area contributed by atoms with Crippen LogP contribution in [0.1, 0.15) is 10.5 Å². The summed E-state index contributed by atoms with van der Waals surface area (Å²) in [7, 11) is -0.882. The summed E-state index contributed by atoms with van der Waals surface area (Å²) < 4.78 is 11.0. The van der Waals surface area contributed by atoms with Crippen molar-refractivity contribution < 1.29 is 14.1 Å². The van der Waals surface area contributed by atoms with Crippen LogP contribution in [0, 0.1) is 0 Å². The monoisotopic (exact) mass is 278 g/mol. The SMILES string of the molecule is CS(=O)CCNc1cc(C(=O)O)nc2ccccc12. The molecule has 0 saturated carbocycles. The number of nitrogens with one attached hydrogen (secondary N) is 1. The van der Waals surface area contributed by atoms with Gasteiger partial charge in [-0.25, -0.2) is 9.78 Å². The van der Waals surface area contributed by atoms with Gasteiger partial charge in [0, 0.05) is 40.4 Å². The third-order valence-electron chi connectivity index (χ3n) is 2.64. The number of pyridine rings is 1. The van der Waals surface area contributed by atoms with E-state index in [1.165, 1.54) is 6.07 Å². The van der Waals surface area contributed by atoms with Gasteiger partial charge in [-0.2, -0.15) is 0 Å². The van der Waals surface area contributed by atoms with E-state index in [-0.39, 0.29) is 5.69 Å². The minimum atomic E-state index is -1.06. The molecule has 0 aliphatic carbocycles. The third kappa shape index (κ3) is 3.29. The molecule has 1 atom stereocenters.